The predicted molar refractivity (Wildman–Crippen MR) is 143 cm³/mol. The molecule has 1 heterocycles. The molecule has 0 radical (unpaired) electrons. The standard InChI is InChI=1S/C28H37N5O2/c1-4-18-30-27(34)26(22-10-8-7-9-11-22)23-16-20-31(21-17-23)24-12-14-25(15-13-24)32(6-3)28(35)33(29)19-5-2/h5-15,23,26H,2-4,16-21,29H2,1H3,(H,30,34). The zero-order valence-corrected chi connectivity index (χ0v) is 20.6. The summed E-state index contributed by atoms with van der Waals surface area (Å²) >= 11 is 0. The molecule has 7 heteroatoms. The van der Waals surface area contributed by atoms with Crippen molar-refractivity contribution in [3.63, 3.8) is 0 Å². The summed E-state index contributed by atoms with van der Waals surface area (Å²) < 4.78 is 0. The zero-order valence-electron chi connectivity index (χ0n) is 20.6. The number of amides is 3. The van der Waals surface area contributed by atoms with Gasteiger partial charge in [0.25, 0.3) is 0 Å². The number of hydrogen-bond acceptors (Lipinski definition) is 4. The third-order valence-corrected chi connectivity index (χ3v) is 6.45. The molecule has 0 saturated carbocycles. The number of nitrogens with two attached hydrogens (primary N) is 1. The Hall–Kier alpha value is -3.58. The van der Waals surface area contributed by atoms with E-state index in [-0.39, 0.29) is 24.4 Å². The van der Waals surface area contributed by atoms with E-state index in [0.717, 1.165) is 48.6 Å². The first-order chi connectivity index (χ1) is 17.0. The molecule has 3 N–H and O–H groups in total. The molecule has 0 aliphatic carbocycles. The summed E-state index contributed by atoms with van der Waals surface area (Å²) in [6, 6.07) is 17.6. The summed E-state index contributed by atoms with van der Waals surface area (Å²) in [5.41, 5.74) is 2.87. The fourth-order valence-corrected chi connectivity index (χ4v) is 4.62. The molecule has 0 spiro atoms. The quantitative estimate of drug-likeness (QED) is 0.227. The van der Waals surface area contributed by atoms with Crippen molar-refractivity contribution in [1.29, 1.82) is 0 Å². The Labute approximate surface area is 208 Å². The molecule has 35 heavy (non-hydrogen) atoms. The second kappa shape index (κ2) is 12.8. The maximum absolute atomic E-state index is 13.0. The van der Waals surface area contributed by atoms with Crippen LogP contribution in [0, 0.1) is 5.92 Å². The van der Waals surface area contributed by atoms with Gasteiger partial charge in [-0.25, -0.2) is 10.6 Å². The van der Waals surface area contributed by atoms with Crippen LogP contribution < -0.4 is 21.0 Å². The fraction of sp³-hybridized carbons (Fsp3) is 0.357. The molecule has 7 nitrogen and oxygen atoms in total. The van der Waals surface area contributed by atoms with E-state index in [9.17, 15) is 9.59 Å². The van der Waals surface area contributed by atoms with E-state index < -0.39 is 0 Å². The van der Waals surface area contributed by atoms with E-state index in [1.54, 1.807) is 6.08 Å². The van der Waals surface area contributed by atoms with Crippen molar-refractivity contribution in [2.45, 2.75) is 32.1 Å². The van der Waals surface area contributed by atoms with Crippen LogP contribution in [0.3, 0.4) is 0 Å². The number of hydrazine groups is 1. The van der Waals surface area contributed by atoms with Crippen LogP contribution in [-0.2, 0) is 4.79 Å². The van der Waals surface area contributed by atoms with Crippen LogP contribution in [0.15, 0.2) is 80.0 Å². The molecule has 186 valence electrons. The number of urea groups is 1. The van der Waals surface area contributed by atoms with Crippen LogP contribution in [0.4, 0.5) is 16.2 Å². The Morgan fingerprint density at radius 3 is 2.34 bits per heavy atom. The summed E-state index contributed by atoms with van der Waals surface area (Å²) in [5, 5.41) is 4.20. The van der Waals surface area contributed by atoms with Gasteiger partial charge < -0.3 is 10.2 Å². The van der Waals surface area contributed by atoms with Gasteiger partial charge in [0.1, 0.15) is 0 Å². The topological polar surface area (TPSA) is 81.9 Å². The lowest BCUT2D eigenvalue weighted by Gasteiger charge is -2.37. The molecule has 3 rings (SSSR count). The summed E-state index contributed by atoms with van der Waals surface area (Å²) in [7, 11) is 0. The molecule has 1 unspecified atom stereocenters. The van der Waals surface area contributed by atoms with Gasteiger partial charge in [-0.3, -0.25) is 14.7 Å². The SMILES string of the molecule is C=CCN(N)C(=O)N(C=C)c1ccc(N2CCC(C(C(=O)NCCC)c3ccccc3)CC2)cc1. The average molecular weight is 476 g/mol. The first-order valence-electron chi connectivity index (χ1n) is 12.3. The molecule has 0 aromatic heterocycles. The second-order valence-electron chi connectivity index (χ2n) is 8.80. The minimum atomic E-state index is -0.373. The maximum Gasteiger partial charge on any atom is 0.343 e. The van der Waals surface area contributed by atoms with Gasteiger partial charge in [0.15, 0.2) is 0 Å². The van der Waals surface area contributed by atoms with Gasteiger partial charge in [-0.1, -0.05) is 49.9 Å². The van der Waals surface area contributed by atoms with E-state index >= 15 is 0 Å². The van der Waals surface area contributed by atoms with Crippen molar-refractivity contribution in [2.24, 2.45) is 11.8 Å². The second-order valence-corrected chi connectivity index (χ2v) is 8.80. The highest BCUT2D eigenvalue weighted by atomic mass is 16.2. The molecule has 0 bridgehead atoms. The Kier molecular flexibility index (Phi) is 9.49. The van der Waals surface area contributed by atoms with Crippen molar-refractivity contribution in [3.05, 3.63) is 85.6 Å². The van der Waals surface area contributed by atoms with Crippen LogP contribution in [0.25, 0.3) is 0 Å². The van der Waals surface area contributed by atoms with Gasteiger partial charge in [0.2, 0.25) is 5.91 Å². The summed E-state index contributed by atoms with van der Waals surface area (Å²) in [5.74, 6) is 6.09. The molecule has 1 atom stereocenters. The van der Waals surface area contributed by atoms with Crippen molar-refractivity contribution in [2.75, 3.05) is 36.0 Å². The lowest BCUT2D eigenvalue weighted by molar-refractivity contribution is -0.124. The lowest BCUT2D eigenvalue weighted by atomic mass is 9.79. The van der Waals surface area contributed by atoms with E-state index in [1.807, 2.05) is 42.5 Å². The number of nitrogens with one attached hydrogen (secondary N) is 1. The van der Waals surface area contributed by atoms with Gasteiger partial charge in [-0.05, 0) is 55.0 Å². The van der Waals surface area contributed by atoms with E-state index in [4.69, 9.17) is 5.84 Å². The van der Waals surface area contributed by atoms with Crippen molar-refractivity contribution >= 4 is 23.3 Å². The number of carbonyl (C=O) groups is 2. The molecule has 1 aliphatic heterocycles. The summed E-state index contributed by atoms with van der Waals surface area (Å²) in [4.78, 5) is 29.3. The number of benzene rings is 2. The van der Waals surface area contributed by atoms with Gasteiger partial charge in [0.05, 0.1) is 18.2 Å². The first kappa shape index (κ1) is 26.0. The molecule has 2 aromatic carbocycles. The van der Waals surface area contributed by atoms with Gasteiger partial charge in [-0.15, -0.1) is 6.58 Å². The Morgan fingerprint density at radius 1 is 1.11 bits per heavy atom. The van der Waals surface area contributed by atoms with Crippen molar-refractivity contribution in [3.8, 4) is 0 Å². The zero-order chi connectivity index (χ0) is 25.2. The minimum absolute atomic E-state index is 0.125. The van der Waals surface area contributed by atoms with E-state index in [0.29, 0.717) is 18.2 Å². The third kappa shape index (κ3) is 6.51. The third-order valence-electron chi connectivity index (χ3n) is 6.45. The number of piperidine rings is 1. The van der Waals surface area contributed by atoms with Gasteiger partial charge in [-0.2, -0.15) is 0 Å². The number of hydrogen-bond donors (Lipinski definition) is 2. The van der Waals surface area contributed by atoms with Gasteiger partial charge >= 0.3 is 6.03 Å². The highest BCUT2D eigenvalue weighted by molar-refractivity contribution is 5.93. The van der Waals surface area contributed by atoms with Crippen LogP contribution >= 0.6 is 0 Å². The van der Waals surface area contributed by atoms with Crippen LogP contribution in [0.5, 0.6) is 0 Å². The molecule has 1 saturated heterocycles. The number of carbonyl (C=O) groups excluding carboxylic acids is 2. The fourth-order valence-electron chi connectivity index (χ4n) is 4.62. The number of nitrogens with zero attached hydrogens (tertiary/aromatic N) is 3. The molecular formula is C28H37N5O2. The molecular weight excluding hydrogens is 438 g/mol. The smallest absolute Gasteiger partial charge is 0.343 e. The van der Waals surface area contributed by atoms with E-state index in [1.165, 1.54) is 11.1 Å². The molecule has 3 amide bonds. The predicted octanol–water partition coefficient (Wildman–Crippen LogP) is 4.64. The van der Waals surface area contributed by atoms with E-state index in [2.05, 4.69) is 42.4 Å². The Bertz CT molecular complexity index is 984. The van der Waals surface area contributed by atoms with Crippen LogP contribution in [-0.4, -0.2) is 43.1 Å². The maximum atomic E-state index is 13.0. The number of rotatable bonds is 10. The van der Waals surface area contributed by atoms with Crippen LogP contribution in [0.1, 0.15) is 37.7 Å². The molecule has 1 aliphatic rings. The van der Waals surface area contributed by atoms with Crippen molar-refractivity contribution < 1.29 is 9.59 Å². The largest absolute Gasteiger partial charge is 0.372 e. The van der Waals surface area contributed by atoms with Crippen molar-refractivity contribution in [1.82, 2.24) is 10.3 Å². The summed E-state index contributed by atoms with van der Waals surface area (Å²) in [6.07, 6.45) is 5.82. The highest BCUT2D eigenvalue weighted by Gasteiger charge is 2.32. The normalized spacial score (nSPS) is 14.6. The minimum Gasteiger partial charge on any atom is -0.372 e. The monoisotopic (exact) mass is 475 g/mol. The van der Waals surface area contributed by atoms with Gasteiger partial charge in [0, 0.05) is 31.5 Å². The average Bonchev–Trinajstić information content (AvgIpc) is 2.89. The van der Waals surface area contributed by atoms with Crippen LogP contribution in [0.2, 0.25) is 0 Å². The lowest BCUT2D eigenvalue weighted by Crippen LogP contribution is -2.45. The summed E-state index contributed by atoms with van der Waals surface area (Å²) in [6.45, 7) is 12.1. The first-order valence-corrected chi connectivity index (χ1v) is 12.3. The Balaban J connectivity index is 1.67. The Morgan fingerprint density at radius 2 is 1.77 bits per heavy atom. The highest BCUT2D eigenvalue weighted by Crippen LogP contribution is 2.35. The molecule has 1 fully saturated rings. The number of anilines is 2. The molecule has 2 aromatic rings.